The number of aromatic hydroxyl groups is 1. The van der Waals surface area contributed by atoms with E-state index in [1.54, 1.807) is 12.1 Å². The molecule has 1 aliphatic rings. The quantitative estimate of drug-likeness (QED) is 0.386. The molecule has 0 spiro atoms. The van der Waals surface area contributed by atoms with Crippen molar-refractivity contribution in [2.24, 2.45) is 0 Å². The number of likely N-dealkylation sites (tertiary alicyclic amines) is 1. The van der Waals surface area contributed by atoms with Gasteiger partial charge in [-0.1, -0.05) is 18.6 Å². The first kappa shape index (κ1) is 25.8. The fourth-order valence-electron chi connectivity index (χ4n) is 2.72. The molecule has 0 saturated carbocycles. The van der Waals surface area contributed by atoms with Gasteiger partial charge in [0, 0.05) is 26.9 Å². The molecule has 2 rings (SSSR count). The molecule has 0 unspecified atom stereocenters. The molecule has 8 nitrogen and oxygen atoms in total. The van der Waals surface area contributed by atoms with Crippen LogP contribution in [0.3, 0.4) is 0 Å². The highest BCUT2D eigenvalue weighted by Gasteiger charge is 2.08. The minimum Gasteiger partial charge on any atom is -0.508 e. The number of nitrogens with zero attached hydrogens (tertiary/aromatic N) is 1. The van der Waals surface area contributed by atoms with E-state index in [0.717, 1.165) is 39.6 Å². The van der Waals surface area contributed by atoms with Gasteiger partial charge < -0.3 is 30.1 Å². The van der Waals surface area contributed by atoms with Crippen LogP contribution in [0.1, 0.15) is 37.7 Å². The number of rotatable bonds is 8. The highest BCUT2D eigenvalue weighted by Crippen LogP contribution is 2.11. The zero-order valence-corrected chi connectivity index (χ0v) is 16.5. The zero-order valence-electron chi connectivity index (χ0n) is 16.5. The molecular weight excluding hydrogens is 366 g/mol. The Hall–Kier alpha value is -2.16. The molecule has 1 aromatic rings. The third-order valence-corrected chi connectivity index (χ3v) is 4.09. The number of benzene rings is 1. The van der Waals surface area contributed by atoms with Crippen molar-refractivity contribution in [3.63, 3.8) is 0 Å². The molecule has 1 saturated heterocycles. The lowest BCUT2D eigenvalue weighted by molar-refractivity contribution is -0.159. The van der Waals surface area contributed by atoms with Crippen LogP contribution < -0.4 is 0 Å². The summed E-state index contributed by atoms with van der Waals surface area (Å²) in [6.07, 6.45) is 7.37. The molecule has 0 amide bonds. The number of carbonyl (C=O) groups is 2. The summed E-state index contributed by atoms with van der Waals surface area (Å²) in [7, 11) is 1.00. The summed E-state index contributed by atoms with van der Waals surface area (Å²) in [4.78, 5) is 20.8. The largest absolute Gasteiger partial charge is 0.508 e. The molecule has 1 aromatic carbocycles. The lowest BCUT2D eigenvalue weighted by Crippen LogP contribution is -2.31. The molecule has 1 heterocycles. The van der Waals surface area contributed by atoms with Crippen molar-refractivity contribution in [3.05, 3.63) is 29.8 Å². The van der Waals surface area contributed by atoms with E-state index in [4.69, 9.17) is 29.6 Å². The molecular formula is C20H33NO7. The number of carboxylic acids is 2. The van der Waals surface area contributed by atoms with Gasteiger partial charge in [0.15, 0.2) is 0 Å². The fraction of sp³-hybridized carbons (Fsp3) is 0.600. The zero-order chi connectivity index (χ0) is 21.2. The summed E-state index contributed by atoms with van der Waals surface area (Å²) in [5.74, 6) is -3.31. The van der Waals surface area contributed by atoms with Crippen LogP contribution in [0.25, 0.3) is 0 Å². The van der Waals surface area contributed by atoms with E-state index in [9.17, 15) is 5.11 Å². The topological polar surface area (TPSA) is 128 Å². The minimum atomic E-state index is -1.82. The second kappa shape index (κ2) is 17.0. The average molecular weight is 399 g/mol. The summed E-state index contributed by atoms with van der Waals surface area (Å²) in [5.41, 5.74) is 1.26. The van der Waals surface area contributed by atoms with Crippen molar-refractivity contribution in [3.8, 4) is 5.75 Å². The Labute approximate surface area is 166 Å². The van der Waals surface area contributed by atoms with E-state index >= 15 is 0 Å². The molecule has 8 heteroatoms. The van der Waals surface area contributed by atoms with Crippen molar-refractivity contribution in [2.75, 3.05) is 40.0 Å². The van der Waals surface area contributed by atoms with Gasteiger partial charge in [-0.2, -0.15) is 0 Å². The Bertz CT molecular complexity index is 516. The highest BCUT2D eigenvalue weighted by molar-refractivity contribution is 6.27. The van der Waals surface area contributed by atoms with Crippen molar-refractivity contribution >= 4 is 11.9 Å². The number of piperidine rings is 1. The van der Waals surface area contributed by atoms with E-state index in [-0.39, 0.29) is 0 Å². The monoisotopic (exact) mass is 399 g/mol. The number of ether oxygens (including phenoxy) is 1. The Balaban J connectivity index is 0.000000780. The summed E-state index contributed by atoms with van der Waals surface area (Å²) in [6, 6.07) is 7.45. The van der Waals surface area contributed by atoms with E-state index in [1.165, 1.54) is 44.5 Å². The molecule has 0 aromatic heterocycles. The predicted octanol–water partition coefficient (Wildman–Crippen LogP) is 1.98. The Kier molecular flexibility index (Phi) is 15.7. The van der Waals surface area contributed by atoms with Crippen LogP contribution in [0.15, 0.2) is 24.3 Å². The normalized spacial score (nSPS) is 13.5. The van der Waals surface area contributed by atoms with Gasteiger partial charge >= 0.3 is 11.9 Å². The van der Waals surface area contributed by atoms with Gasteiger partial charge in [0.2, 0.25) is 0 Å². The van der Waals surface area contributed by atoms with Crippen molar-refractivity contribution < 1.29 is 34.8 Å². The summed E-state index contributed by atoms with van der Waals surface area (Å²) in [5, 5.41) is 31.0. The molecule has 0 bridgehead atoms. The maximum atomic E-state index is 9.20. The van der Waals surface area contributed by atoms with Gasteiger partial charge in [0.1, 0.15) is 5.75 Å². The van der Waals surface area contributed by atoms with Crippen LogP contribution in [0.4, 0.5) is 0 Å². The molecule has 1 fully saturated rings. The maximum Gasteiger partial charge on any atom is 0.414 e. The van der Waals surface area contributed by atoms with E-state index in [2.05, 4.69) is 4.90 Å². The number of aliphatic carboxylic acids is 2. The number of aliphatic hydroxyl groups is 1. The van der Waals surface area contributed by atoms with Gasteiger partial charge in [-0.25, -0.2) is 9.59 Å². The van der Waals surface area contributed by atoms with Gasteiger partial charge in [-0.05, 0) is 62.9 Å². The second-order valence-electron chi connectivity index (χ2n) is 6.25. The number of hydrogen-bond acceptors (Lipinski definition) is 6. The Morgan fingerprint density at radius 2 is 1.46 bits per heavy atom. The minimum absolute atomic E-state index is 0.336. The van der Waals surface area contributed by atoms with Gasteiger partial charge in [-0.3, -0.25) is 0 Å². The smallest absolute Gasteiger partial charge is 0.414 e. The Morgan fingerprint density at radius 1 is 0.929 bits per heavy atom. The third kappa shape index (κ3) is 14.0. The number of phenols is 1. The molecule has 28 heavy (non-hydrogen) atoms. The third-order valence-electron chi connectivity index (χ3n) is 4.09. The number of aliphatic hydroxyl groups excluding tert-OH is 1. The van der Waals surface area contributed by atoms with Crippen molar-refractivity contribution in [1.29, 1.82) is 0 Å². The summed E-state index contributed by atoms with van der Waals surface area (Å²) >= 11 is 0. The van der Waals surface area contributed by atoms with Crippen LogP contribution in [0.5, 0.6) is 5.75 Å². The standard InChI is InChI=1S/C17H27NO2.C2H2O4.CH4O/c19-17-9-7-16(8-10-17)6-4-14-20-15-5-13-18-11-2-1-3-12-18;3-1(4)2(5)6;1-2/h7-10,19H,1-6,11-15H2;(H,3,4)(H,5,6);2H,1H3. The Morgan fingerprint density at radius 3 is 2.00 bits per heavy atom. The number of hydrogen-bond donors (Lipinski definition) is 4. The van der Waals surface area contributed by atoms with Crippen molar-refractivity contribution in [2.45, 2.75) is 38.5 Å². The van der Waals surface area contributed by atoms with Crippen LogP contribution in [-0.4, -0.2) is 77.2 Å². The first-order valence-electron chi connectivity index (χ1n) is 9.48. The number of aryl methyl sites for hydroxylation is 1. The van der Waals surface area contributed by atoms with Crippen LogP contribution >= 0.6 is 0 Å². The van der Waals surface area contributed by atoms with E-state index in [1.807, 2.05) is 12.1 Å². The van der Waals surface area contributed by atoms with Crippen LogP contribution in [-0.2, 0) is 20.7 Å². The van der Waals surface area contributed by atoms with E-state index < -0.39 is 11.9 Å². The second-order valence-corrected chi connectivity index (χ2v) is 6.25. The molecule has 0 atom stereocenters. The van der Waals surface area contributed by atoms with Crippen molar-refractivity contribution in [1.82, 2.24) is 4.90 Å². The molecule has 160 valence electrons. The van der Waals surface area contributed by atoms with Crippen LogP contribution in [0, 0.1) is 0 Å². The first-order valence-corrected chi connectivity index (χ1v) is 9.48. The molecule has 4 N–H and O–H groups in total. The lowest BCUT2D eigenvalue weighted by Gasteiger charge is -2.26. The molecule has 0 aliphatic carbocycles. The average Bonchev–Trinajstić information content (AvgIpc) is 2.71. The van der Waals surface area contributed by atoms with E-state index in [0.29, 0.717) is 5.75 Å². The lowest BCUT2D eigenvalue weighted by atomic mass is 10.1. The van der Waals surface area contributed by atoms with Gasteiger partial charge in [-0.15, -0.1) is 0 Å². The summed E-state index contributed by atoms with van der Waals surface area (Å²) in [6.45, 7) is 5.46. The van der Waals surface area contributed by atoms with Gasteiger partial charge in [0.25, 0.3) is 0 Å². The molecule has 1 aliphatic heterocycles. The number of phenolic OH excluding ortho intramolecular Hbond substituents is 1. The highest BCUT2D eigenvalue weighted by atomic mass is 16.5. The fourth-order valence-corrected chi connectivity index (χ4v) is 2.72. The number of carboxylic acid groups (broad SMARTS) is 2. The maximum absolute atomic E-state index is 9.20. The SMILES string of the molecule is CO.O=C(O)C(=O)O.Oc1ccc(CCCOCCCN2CCCCC2)cc1. The summed E-state index contributed by atoms with van der Waals surface area (Å²) < 4.78 is 5.69. The predicted molar refractivity (Wildman–Crippen MR) is 106 cm³/mol. The van der Waals surface area contributed by atoms with Gasteiger partial charge in [0.05, 0.1) is 0 Å². The van der Waals surface area contributed by atoms with Crippen LogP contribution in [0.2, 0.25) is 0 Å². The molecule has 0 radical (unpaired) electrons. The first-order chi connectivity index (χ1) is 13.5.